The molecular formula is C15H24F2N2O. The molecule has 1 aromatic carbocycles. The summed E-state index contributed by atoms with van der Waals surface area (Å²) in [7, 11) is 1.57. The first kappa shape index (κ1) is 16.9. The van der Waals surface area contributed by atoms with Crippen molar-refractivity contribution in [3.8, 4) is 0 Å². The van der Waals surface area contributed by atoms with Crippen LogP contribution < -0.4 is 10.6 Å². The minimum absolute atomic E-state index is 0.0246. The van der Waals surface area contributed by atoms with Crippen molar-refractivity contribution in [2.45, 2.75) is 20.3 Å². The molecule has 5 heteroatoms. The number of hydrogen-bond donors (Lipinski definition) is 1. The first-order valence-electron chi connectivity index (χ1n) is 6.91. The van der Waals surface area contributed by atoms with Gasteiger partial charge in [0.1, 0.15) is 17.3 Å². The molecule has 0 aliphatic rings. The summed E-state index contributed by atoms with van der Waals surface area (Å²) in [6.45, 7) is 5.86. The molecule has 0 saturated heterocycles. The Labute approximate surface area is 119 Å². The van der Waals surface area contributed by atoms with E-state index >= 15 is 0 Å². The lowest BCUT2D eigenvalue weighted by Gasteiger charge is -2.27. The summed E-state index contributed by atoms with van der Waals surface area (Å²) < 4.78 is 33.4. The Bertz CT molecular complexity index is 401. The number of halogens is 2. The summed E-state index contributed by atoms with van der Waals surface area (Å²) in [5, 5.41) is 0. The topological polar surface area (TPSA) is 38.5 Å². The molecule has 0 heterocycles. The SMILES string of the molecule is COCCN(CC(C)C)c1c(F)cc(CCN)cc1F. The molecule has 0 saturated carbocycles. The van der Waals surface area contributed by atoms with Gasteiger partial charge in [0, 0.05) is 20.2 Å². The lowest BCUT2D eigenvalue weighted by Crippen LogP contribution is -2.32. The van der Waals surface area contributed by atoms with Crippen molar-refractivity contribution in [2.75, 3.05) is 38.3 Å². The Morgan fingerprint density at radius 3 is 2.30 bits per heavy atom. The zero-order valence-electron chi connectivity index (χ0n) is 12.5. The highest BCUT2D eigenvalue weighted by Gasteiger charge is 2.18. The Morgan fingerprint density at radius 1 is 1.25 bits per heavy atom. The molecule has 0 bridgehead atoms. The maximum absolute atomic E-state index is 14.2. The van der Waals surface area contributed by atoms with Gasteiger partial charge in [0.05, 0.1) is 6.61 Å². The average Bonchev–Trinajstić information content (AvgIpc) is 2.34. The van der Waals surface area contributed by atoms with Crippen molar-refractivity contribution in [3.63, 3.8) is 0 Å². The van der Waals surface area contributed by atoms with Gasteiger partial charge in [-0.1, -0.05) is 13.8 Å². The van der Waals surface area contributed by atoms with Gasteiger partial charge in [-0.15, -0.1) is 0 Å². The molecule has 2 N–H and O–H groups in total. The molecule has 1 rings (SSSR count). The quantitative estimate of drug-likeness (QED) is 0.798. The number of ether oxygens (including phenoxy) is 1. The molecule has 0 atom stereocenters. The lowest BCUT2D eigenvalue weighted by atomic mass is 10.1. The molecule has 114 valence electrons. The van der Waals surface area contributed by atoms with Gasteiger partial charge >= 0.3 is 0 Å². The van der Waals surface area contributed by atoms with E-state index in [-0.39, 0.29) is 5.69 Å². The van der Waals surface area contributed by atoms with Crippen LogP contribution in [-0.4, -0.2) is 33.4 Å². The second-order valence-electron chi connectivity index (χ2n) is 5.28. The van der Waals surface area contributed by atoms with Crippen LogP contribution in [0.1, 0.15) is 19.4 Å². The maximum Gasteiger partial charge on any atom is 0.149 e. The fraction of sp³-hybridized carbons (Fsp3) is 0.600. The molecule has 20 heavy (non-hydrogen) atoms. The Morgan fingerprint density at radius 2 is 1.85 bits per heavy atom. The number of nitrogens with two attached hydrogens (primary N) is 1. The zero-order chi connectivity index (χ0) is 15.1. The average molecular weight is 286 g/mol. The first-order chi connectivity index (χ1) is 9.49. The molecule has 0 aromatic heterocycles. The first-order valence-corrected chi connectivity index (χ1v) is 6.91. The summed E-state index contributed by atoms with van der Waals surface area (Å²) in [6.07, 6.45) is 0.469. The van der Waals surface area contributed by atoms with Crippen LogP contribution in [-0.2, 0) is 11.2 Å². The van der Waals surface area contributed by atoms with Crippen molar-refractivity contribution in [3.05, 3.63) is 29.3 Å². The van der Waals surface area contributed by atoms with Crippen LogP contribution in [0.25, 0.3) is 0 Å². The van der Waals surface area contributed by atoms with E-state index in [1.54, 1.807) is 12.0 Å². The molecule has 0 aliphatic heterocycles. The molecule has 0 fully saturated rings. The third-order valence-corrected chi connectivity index (χ3v) is 2.98. The van der Waals surface area contributed by atoms with Gasteiger partial charge in [-0.05, 0) is 36.6 Å². The van der Waals surface area contributed by atoms with E-state index < -0.39 is 11.6 Å². The van der Waals surface area contributed by atoms with Gasteiger partial charge in [0.2, 0.25) is 0 Å². The van der Waals surface area contributed by atoms with Gasteiger partial charge in [-0.2, -0.15) is 0 Å². The number of rotatable bonds is 8. The number of hydrogen-bond acceptors (Lipinski definition) is 3. The van der Waals surface area contributed by atoms with Crippen LogP contribution in [0.15, 0.2) is 12.1 Å². The minimum atomic E-state index is -0.537. The van der Waals surface area contributed by atoms with Crippen LogP contribution in [0.5, 0.6) is 0 Å². The fourth-order valence-corrected chi connectivity index (χ4v) is 2.17. The summed E-state index contributed by atoms with van der Waals surface area (Å²) in [5.74, 6) is -0.773. The van der Waals surface area contributed by atoms with Gasteiger partial charge in [-0.25, -0.2) is 8.78 Å². The maximum atomic E-state index is 14.2. The van der Waals surface area contributed by atoms with Crippen LogP contribution in [0, 0.1) is 17.6 Å². The Kier molecular flexibility index (Phi) is 6.88. The van der Waals surface area contributed by atoms with Gasteiger partial charge in [-0.3, -0.25) is 0 Å². The largest absolute Gasteiger partial charge is 0.383 e. The molecule has 0 aliphatic carbocycles. The van der Waals surface area contributed by atoms with Gasteiger partial charge < -0.3 is 15.4 Å². The molecule has 1 aromatic rings. The Balaban J connectivity index is 3.05. The third kappa shape index (κ3) is 4.72. The van der Waals surface area contributed by atoms with Crippen molar-refractivity contribution >= 4 is 5.69 Å². The van der Waals surface area contributed by atoms with E-state index in [4.69, 9.17) is 10.5 Å². The monoisotopic (exact) mass is 286 g/mol. The second kappa shape index (κ2) is 8.17. The summed E-state index contributed by atoms with van der Waals surface area (Å²) >= 11 is 0. The van der Waals surface area contributed by atoms with E-state index in [0.717, 1.165) is 0 Å². The van der Waals surface area contributed by atoms with E-state index in [1.165, 1.54) is 12.1 Å². The van der Waals surface area contributed by atoms with E-state index in [9.17, 15) is 8.78 Å². The molecule has 0 spiro atoms. The summed E-state index contributed by atoms with van der Waals surface area (Å²) in [4.78, 5) is 1.70. The molecule has 0 unspecified atom stereocenters. The number of nitrogens with zero attached hydrogens (tertiary/aromatic N) is 1. The van der Waals surface area contributed by atoms with E-state index in [0.29, 0.717) is 44.1 Å². The zero-order valence-corrected chi connectivity index (χ0v) is 12.5. The number of methoxy groups -OCH3 is 1. The third-order valence-electron chi connectivity index (χ3n) is 2.98. The molecule has 0 amide bonds. The predicted octanol–water partition coefficient (Wildman–Crippen LogP) is 2.57. The van der Waals surface area contributed by atoms with Gasteiger partial charge in [0.15, 0.2) is 0 Å². The highest BCUT2D eigenvalue weighted by Crippen LogP contribution is 2.26. The van der Waals surface area contributed by atoms with E-state index in [1.807, 2.05) is 13.8 Å². The molecular weight excluding hydrogens is 262 g/mol. The standard InChI is InChI=1S/C15H24F2N2O/c1-11(2)10-19(6-7-20-3)15-13(16)8-12(4-5-18)9-14(15)17/h8-9,11H,4-7,10,18H2,1-3H3. The summed E-state index contributed by atoms with van der Waals surface area (Å²) in [5.41, 5.74) is 6.03. The van der Waals surface area contributed by atoms with Crippen molar-refractivity contribution < 1.29 is 13.5 Å². The summed E-state index contributed by atoms with van der Waals surface area (Å²) in [6, 6.07) is 2.73. The van der Waals surface area contributed by atoms with Crippen LogP contribution >= 0.6 is 0 Å². The van der Waals surface area contributed by atoms with Crippen molar-refractivity contribution in [1.29, 1.82) is 0 Å². The highest BCUT2D eigenvalue weighted by atomic mass is 19.1. The van der Waals surface area contributed by atoms with Crippen LogP contribution in [0.3, 0.4) is 0 Å². The highest BCUT2D eigenvalue weighted by molar-refractivity contribution is 5.51. The number of anilines is 1. The molecule has 3 nitrogen and oxygen atoms in total. The van der Waals surface area contributed by atoms with Crippen molar-refractivity contribution in [1.82, 2.24) is 0 Å². The Hall–Kier alpha value is -1.20. The lowest BCUT2D eigenvalue weighted by molar-refractivity contribution is 0.204. The minimum Gasteiger partial charge on any atom is -0.383 e. The second-order valence-corrected chi connectivity index (χ2v) is 5.28. The molecule has 0 radical (unpaired) electrons. The van der Waals surface area contributed by atoms with Crippen LogP contribution in [0.4, 0.5) is 14.5 Å². The van der Waals surface area contributed by atoms with E-state index in [2.05, 4.69) is 0 Å². The predicted molar refractivity (Wildman–Crippen MR) is 78.0 cm³/mol. The smallest absolute Gasteiger partial charge is 0.149 e. The normalized spacial score (nSPS) is 11.2. The van der Waals surface area contributed by atoms with Gasteiger partial charge in [0.25, 0.3) is 0 Å². The fourth-order valence-electron chi connectivity index (χ4n) is 2.17. The van der Waals surface area contributed by atoms with Crippen LogP contribution in [0.2, 0.25) is 0 Å². The number of benzene rings is 1. The van der Waals surface area contributed by atoms with Crippen molar-refractivity contribution in [2.24, 2.45) is 11.7 Å².